The third kappa shape index (κ3) is 20.5. The molecule has 22 valence electrons. The number of rotatable bonds is 0. The van der Waals surface area contributed by atoms with Gasteiger partial charge in [0.15, 0.2) is 12.1 Å². The Labute approximate surface area is 49.1 Å². The van der Waals surface area contributed by atoms with Gasteiger partial charge in [0.05, 0.1) is 0 Å². The van der Waals surface area contributed by atoms with Crippen LogP contribution in [0.1, 0.15) is 2.85 Å². The summed E-state index contributed by atoms with van der Waals surface area (Å²) in [5.74, 6) is 0. The first-order valence-electron chi connectivity index (χ1n) is 0.697. The predicted octanol–water partition coefficient (Wildman–Crippen LogP) is -0.122. The molecule has 0 aliphatic carbocycles. The van der Waals surface area contributed by atoms with Gasteiger partial charge in [0.1, 0.15) is 0 Å². The van der Waals surface area contributed by atoms with Crippen LogP contribution in [-0.4, -0.2) is 23.1 Å². The molecule has 0 aromatic rings. The second kappa shape index (κ2) is 9.27. The Hall–Kier alpha value is -0.254. The van der Waals surface area contributed by atoms with Gasteiger partial charge in [-0.15, -0.1) is 0 Å². The Kier molecular flexibility index (Phi) is 16.4. The van der Waals surface area contributed by atoms with Crippen LogP contribution in [0.3, 0.4) is 0 Å². The second-order valence-corrected chi connectivity index (χ2v) is 0.224. The topological polar surface area (TPSA) is 47.6 Å². The van der Waals surface area contributed by atoms with Crippen LogP contribution in [0.2, 0.25) is 0 Å². The van der Waals surface area contributed by atoms with E-state index in [2.05, 4.69) is 0 Å². The number of nitrogens with zero attached hydrogens (tertiary/aromatic N) is 2. The van der Waals surface area contributed by atoms with Crippen LogP contribution in [0.25, 0.3) is 0 Å². The normalized spacial score (nSPS) is 2.00. The Morgan fingerprint density at radius 2 is 1.40 bits per heavy atom. The first-order chi connectivity index (χ1) is 1.91. The zero-order valence-corrected chi connectivity index (χ0v) is 4.02. The van der Waals surface area contributed by atoms with Gasteiger partial charge in [-0.05, 0) is 0 Å². The fourth-order valence-electron chi connectivity index (χ4n) is 0. The maximum atomic E-state index is 7.26. The van der Waals surface area contributed by atoms with E-state index in [9.17, 15) is 0 Å². The second-order valence-electron chi connectivity index (χ2n) is 0.224. The van der Waals surface area contributed by atoms with Gasteiger partial charge >= 0.3 is 23.1 Å². The average Bonchev–Trinajstić information content (AvgIpc) is 1.37. The molecule has 0 radical (unpaired) electrons. The van der Waals surface area contributed by atoms with Gasteiger partial charge < -0.3 is 2.85 Å². The van der Waals surface area contributed by atoms with Crippen molar-refractivity contribution in [2.24, 2.45) is 0 Å². The van der Waals surface area contributed by atoms with Crippen LogP contribution in [0.5, 0.6) is 0 Å². The van der Waals surface area contributed by atoms with Crippen molar-refractivity contribution in [2.75, 3.05) is 0 Å². The minimum Gasteiger partial charge on any atom is -1.00 e. The number of hydrogen-bond acceptors (Lipinski definition) is 2. The Balaban J connectivity index is -0.0000000150. The molecule has 0 saturated carbocycles. The molecular weight excluding hydrogens is 76.3 g/mol. The van der Waals surface area contributed by atoms with Crippen LogP contribution < -0.4 is 0 Å². The Morgan fingerprint density at radius 1 is 1.20 bits per heavy atom. The van der Waals surface area contributed by atoms with Gasteiger partial charge in [0.25, 0.3) is 0 Å². The first kappa shape index (κ1) is 8.83. The molecule has 0 bridgehead atoms. The number of hydrogen-bond donors (Lipinski definition) is 0. The molecule has 0 rings (SSSR count). The zero-order valence-electron chi connectivity index (χ0n) is 4.60. The maximum absolute atomic E-state index is 7.26. The molecular formula is C2H2MgN2. The van der Waals surface area contributed by atoms with Crippen LogP contribution in [-0.2, 0) is 0 Å². The molecule has 0 atom stereocenters. The fourth-order valence-corrected chi connectivity index (χ4v) is 0. The summed E-state index contributed by atoms with van der Waals surface area (Å²) in [7, 11) is 0. The third-order valence-corrected chi connectivity index (χ3v) is 0.0500. The van der Waals surface area contributed by atoms with Gasteiger partial charge in [-0.2, -0.15) is 10.5 Å². The molecule has 0 aromatic carbocycles. The molecule has 5 heavy (non-hydrogen) atoms. The third-order valence-electron chi connectivity index (χ3n) is 0.0500. The molecule has 3 heteroatoms. The van der Waals surface area contributed by atoms with Crippen molar-refractivity contribution in [2.45, 2.75) is 0 Å². The maximum Gasteiger partial charge on any atom is 2.00 e. The summed E-state index contributed by atoms with van der Waals surface area (Å²) in [5.41, 5.74) is 0. The van der Waals surface area contributed by atoms with Gasteiger partial charge in [-0.3, -0.25) is 0 Å². The summed E-state index contributed by atoms with van der Waals surface area (Å²) in [6.45, 7) is 0. The minimum absolute atomic E-state index is 0. The summed E-state index contributed by atoms with van der Waals surface area (Å²) < 4.78 is 0. The fraction of sp³-hybridized carbons (Fsp3) is 0. The van der Waals surface area contributed by atoms with Crippen LogP contribution in [0, 0.1) is 22.7 Å². The van der Waals surface area contributed by atoms with E-state index < -0.39 is 0 Å². The quantitative estimate of drug-likeness (QED) is 0.379. The summed E-state index contributed by atoms with van der Waals surface area (Å²) >= 11 is 0. The zero-order chi connectivity index (χ0) is 3.41. The summed E-state index contributed by atoms with van der Waals surface area (Å²) in [5, 5.41) is 14.5. The molecule has 0 aliphatic heterocycles. The molecule has 0 spiro atoms. The molecule has 0 aliphatic rings. The van der Waals surface area contributed by atoms with Crippen molar-refractivity contribution in [1.29, 1.82) is 10.5 Å². The number of nitriles is 2. The SMILES string of the molecule is N#CC#N.[H-].[H-].[Mg+2]. The minimum atomic E-state index is 0. The van der Waals surface area contributed by atoms with Gasteiger partial charge in [-0.25, -0.2) is 0 Å². The van der Waals surface area contributed by atoms with Gasteiger partial charge in [-0.1, -0.05) is 0 Å². The Morgan fingerprint density at radius 3 is 1.40 bits per heavy atom. The van der Waals surface area contributed by atoms with Crippen molar-refractivity contribution < 1.29 is 2.85 Å². The van der Waals surface area contributed by atoms with Crippen LogP contribution >= 0.6 is 0 Å². The van der Waals surface area contributed by atoms with E-state index in [4.69, 9.17) is 10.5 Å². The van der Waals surface area contributed by atoms with Crippen LogP contribution in [0.15, 0.2) is 0 Å². The molecule has 0 fully saturated rings. The average molecular weight is 78.4 g/mol. The van der Waals surface area contributed by atoms with E-state index in [0.29, 0.717) is 0 Å². The predicted molar refractivity (Wildman–Crippen MR) is 19.2 cm³/mol. The van der Waals surface area contributed by atoms with E-state index in [-0.39, 0.29) is 25.9 Å². The molecule has 0 aromatic heterocycles. The Bertz CT molecular complexity index is 68.7. The monoisotopic (exact) mass is 78.0 g/mol. The van der Waals surface area contributed by atoms with Crippen molar-refractivity contribution in [3.63, 3.8) is 0 Å². The molecule has 0 saturated heterocycles. The van der Waals surface area contributed by atoms with E-state index in [1.807, 2.05) is 0 Å². The molecule has 0 N–H and O–H groups in total. The summed E-state index contributed by atoms with van der Waals surface area (Å²) in [4.78, 5) is 0. The molecule has 0 amide bonds. The van der Waals surface area contributed by atoms with E-state index in [0.717, 1.165) is 0 Å². The van der Waals surface area contributed by atoms with Crippen molar-refractivity contribution in [3.05, 3.63) is 0 Å². The van der Waals surface area contributed by atoms with Crippen molar-refractivity contribution in [1.82, 2.24) is 0 Å². The van der Waals surface area contributed by atoms with Crippen molar-refractivity contribution >= 4 is 23.1 Å². The van der Waals surface area contributed by atoms with Crippen molar-refractivity contribution in [3.8, 4) is 12.1 Å². The largest absolute Gasteiger partial charge is 2.00 e. The molecule has 0 unspecified atom stereocenters. The summed E-state index contributed by atoms with van der Waals surface area (Å²) in [6.07, 6.45) is 0. The molecule has 0 heterocycles. The van der Waals surface area contributed by atoms with E-state index >= 15 is 0 Å². The van der Waals surface area contributed by atoms with Crippen LogP contribution in [0.4, 0.5) is 0 Å². The standard InChI is InChI=1S/C2N2.Mg.2H/c3-1-2-4;;;/q;+2;2*-1. The van der Waals surface area contributed by atoms with E-state index in [1.54, 1.807) is 0 Å². The van der Waals surface area contributed by atoms with E-state index in [1.165, 1.54) is 12.1 Å². The summed E-state index contributed by atoms with van der Waals surface area (Å²) in [6, 6.07) is 2.47. The first-order valence-corrected chi connectivity index (χ1v) is 0.697. The molecule has 2 nitrogen and oxygen atoms in total. The smallest absolute Gasteiger partial charge is 1.00 e. The van der Waals surface area contributed by atoms with Gasteiger partial charge in [0, 0.05) is 0 Å². The van der Waals surface area contributed by atoms with Gasteiger partial charge in [0.2, 0.25) is 0 Å².